The summed E-state index contributed by atoms with van der Waals surface area (Å²) in [5.41, 5.74) is 1.34. The molecule has 2 aliphatic heterocycles. The Labute approximate surface area is 125 Å². The van der Waals surface area contributed by atoms with E-state index in [1.807, 2.05) is 12.4 Å². The smallest absolute Gasteiger partial charge is 0.0594 e. The third-order valence-electron chi connectivity index (χ3n) is 4.09. The van der Waals surface area contributed by atoms with Crippen LogP contribution >= 0.6 is 11.8 Å². The molecule has 1 aromatic rings. The highest BCUT2D eigenvalue weighted by atomic mass is 32.2. The average molecular weight is 293 g/mol. The lowest BCUT2D eigenvalue weighted by Crippen LogP contribution is -2.45. The number of hydrogen-bond acceptors (Lipinski definition) is 5. The van der Waals surface area contributed by atoms with Crippen molar-refractivity contribution in [3.8, 4) is 0 Å². The van der Waals surface area contributed by atoms with Crippen LogP contribution in [0.2, 0.25) is 0 Å². The first-order chi connectivity index (χ1) is 9.93. The first-order valence-electron chi connectivity index (χ1n) is 7.45. The first kappa shape index (κ1) is 14.3. The Kier molecular flexibility index (Phi) is 5.30. The van der Waals surface area contributed by atoms with Gasteiger partial charge in [-0.2, -0.15) is 11.8 Å². The summed E-state index contributed by atoms with van der Waals surface area (Å²) in [7, 11) is 0. The molecule has 2 fully saturated rings. The molecule has 2 aliphatic rings. The van der Waals surface area contributed by atoms with Crippen LogP contribution in [0.4, 0.5) is 0 Å². The Morgan fingerprint density at radius 1 is 1.20 bits per heavy atom. The Hall–Kier alpha value is -0.620. The normalized spacial score (nSPS) is 23.6. The summed E-state index contributed by atoms with van der Waals surface area (Å²) in [6.45, 7) is 7.31. The van der Waals surface area contributed by atoms with E-state index in [4.69, 9.17) is 4.74 Å². The number of thioether (sulfide) groups is 1. The van der Waals surface area contributed by atoms with E-state index in [1.54, 1.807) is 0 Å². The third-order valence-corrected chi connectivity index (χ3v) is 5.03. The van der Waals surface area contributed by atoms with Crippen molar-refractivity contribution >= 4 is 11.8 Å². The van der Waals surface area contributed by atoms with Crippen LogP contribution in [0.5, 0.6) is 0 Å². The maximum Gasteiger partial charge on any atom is 0.0594 e. The van der Waals surface area contributed by atoms with Crippen LogP contribution in [0.25, 0.3) is 0 Å². The van der Waals surface area contributed by atoms with Gasteiger partial charge in [0.05, 0.1) is 13.2 Å². The average Bonchev–Trinajstić information content (AvgIpc) is 2.55. The van der Waals surface area contributed by atoms with Crippen LogP contribution in [-0.2, 0) is 4.74 Å². The van der Waals surface area contributed by atoms with Crippen molar-refractivity contribution in [3.05, 3.63) is 30.1 Å². The Bertz CT molecular complexity index is 391. The van der Waals surface area contributed by atoms with Crippen LogP contribution in [0, 0.1) is 0 Å². The lowest BCUT2D eigenvalue weighted by Gasteiger charge is -2.38. The predicted molar refractivity (Wildman–Crippen MR) is 83.1 cm³/mol. The van der Waals surface area contributed by atoms with Gasteiger partial charge in [0.1, 0.15) is 0 Å². The Morgan fingerprint density at radius 2 is 2.00 bits per heavy atom. The molecule has 0 amide bonds. The van der Waals surface area contributed by atoms with Crippen LogP contribution in [0.1, 0.15) is 11.6 Å². The van der Waals surface area contributed by atoms with Crippen molar-refractivity contribution in [2.75, 3.05) is 57.4 Å². The second kappa shape index (κ2) is 7.41. The third kappa shape index (κ3) is 3.73. The fraction of sp³-hybridized carbons (Fsp3) is 0.667. The second-order valence-corrected chi connectivity index (χ2v) is 6.59. The van der Waals surface area contributed by atoms with Crippen molar-refractivity contribution < 1.29 is 4.74 Å². The fourth-order valence-corrected chi connectivity index (χ4v) is 3.90. The highest BCUT2D eigenvalue weighted by Crippen LogP contribution is 2.23. The van der Waals surface area contributed by atoms with Gasteiger partial charge in [0.2, 0.25) is 0 Å². The summed E-state index contributed by atoms with van der Waals surface area (Å²) in [5, 5.41) is 0. The predicted octanol–water partition coefficient (Wildman–Crippen LogP) is 1.50. The van der Waals surface area contributed by atoms with Crippen molar-refractivity contribution in [1.29, 1.82) is 0 Å². The highest BCUT2D eigenvalue weighted by Gasteiger charge is 2.25. The van der Waals surface area contributed by atoms with Gasteiger partial charge in [0, 0.05) is 62.7 Å². The molecule has 20 heavy (non-hydrogen) atoms. The molecular formula is C15H23N3OS. The molecule has 1 atom stereocenters. The largest absolute Gasteiger partial charge is 0.379 e. The van der Waals surface area contributed by atoms with Crippen molar-refractivity contribution in [2.45, 2.75) is 6.04 Å². The van der Waals surface area contributed by atoms with Crippen LogP contribution in [0.3, 0.4) is 0 Å². The van der Waals surface area contributed by atoms with E-state index >= 15 is 0 Å². The summed E-state index contributed by atoms with van der Waals surface area (Å²) in [6, 6.07) is 4.72. The molecule has 0 aliphatic carbocycles. The highest BCUT2D eigenvalue weighted by molar-refractivity contribution is 7.99. The first-order valence-corrected chi connectivity index (χ1v) is 8.61. The molecule has 1 aromatic heterocycles. The van der Waals surface area contributed by atoms with Crippen molar-refractivity contribution in [2.24, 2.45) is 0 Å². The summed E-state index contributed by atoms with van der Waals surface area (Å²) in [5.74, 6) is 2.53. The number of nitrogens with zero attached hydrogens (tertiary/aromatic N) is 3. The van der Waals surface area contributed by atoms with Gasteiger partial charge < -0.3 is 4.74 Å². The Balaban J connectivity index is 1.72. The molecule has 2 saturated heterocycles. The molecule has 3 rings (SSSR count). The van der Waals surface area contributed by atoms with Crippen LogP contribution < -0.4 is 0 Å². The number of rotatable bonds is 4. The zero-order valence-corrected chi connectivity index (χ0v) is 12.7. The minimum absolute atomic E-state index is 0.454. The zero-order valence-electron chi connectivity index (χ0n) is 11.9. The minimum atomic E-state index is 0.454. The van der Waals surface area contributed by atoms with Gasteiger partial charge in [-0.05, 0) is 11.6 Å². The van der Waals surface area contributed by atoms with Gasteiger partial charge in [-0.3, -0.25) is 14.8 Å². The molecule has 1 unspecified atom stereocenters. The van der Waals surface area contributed by atoms with Crippen molar-refractivity contribution in [1.82, 2.24) is 14.8 Å². The van der Waals surface area contributed by atoms with Crippen LogP contribution in [-0.4, -0.2) is 72.2 Å². The van der Waals surface area contributed by atoms with E-state index in [1.165, 1.54) is 30.2 Å². The van der Waals surface area contributed by atoms with Gasteiger partial charge in [-0.15, -0.1) is 0 Å². The van der Waals surface area contributed by atoms with Crippen molar-refractivity contribution in [3.63, 3.8) is 0 Å². The molecule has 0 spiro atoms. The molecule has 0 radical (unpaired) electrons. The number of pyridine rings is 1. The Morgan fingerprint density at radius 3 is 2.70 bits per heavy atom. The molecule has 3 heterocycles. The second-order valence-electron chi connectivity index (χ2n) is 5.36. The molecule has 4 nitrogen and oxygen atoms in total. The molecule has 0 N–H and O–H groups in total. The van der Waals surface area contributed by atoms with E-state index in [-0.39, 0.29) is 0 Å². The molecule has 110 valence electrons. The van der Waals surface area contributed by atoms with Gasteiger partial charge in [0.25, 0.3) is 0 Å². The molecule has 0 saturated carbocycles. The van der Waals surface area contributed by atoms with E-state index < -0.39 is 0 Å². The van der Waals surface area contributed by atoms with E-state index in [0.29, 0.717) is 6.04 Å². The summed E-state index contributed by atoms with van der Waals surface area (Å²) in [4.78, 5) is 9.47. The molecule has 0 bridgehead atoms. The van der Waals surface area contributed by atoms with E-state index in [0.717, 1.165) is 32.8 Å². The number of morpholine rings is 1. The molecular weight excluding hydrogens is 270 g/mol. The van der Waals surface area contributed by atoms with E-state index in [2.05, 4.69) is 38.7 Å². The lowest BCUT2D eigenvalue weighted by atomic mass is 10.1. The number of ether oxygens (including phenoxy) is 1. The molecule has 5 heteroatoms. The van der Waals surface area contributed by atoms with Gasteiger partial charge >= 0.3 is 0 Å². The maximum absolute atomic E-state index is 5.50. The SMILES string of the molecule is c1cncc(C(CN2CCSCC2)N2CCOCC2)c1. The van der Waals surface area contributed by atoms with Gasteiger partial charge in [0.15, 0.2) is 0 Å². The zero-order chi connectivity index (χ0) is 13.6. The van der Waals surface area contributed by atoms with E-state index in [9.17, 15) is 0 Å². The minimum Gasteiger partial charge on any atom is -0.379 e. The quantitative estimate of drug-likeness (QED) is 0.839. The van der Waals surface area contributed by atoms with Gasteiger partial charge in [-0.1, -0.05) is 6.07 Å². The summed E-state index contributed by atoms with van der Waals surface area (Å²) in [6.07, 6.45) is 3.89. The standard InChI is InChI=1S/C15H23N3OS/c1-2-14(12-16-3-1)15(18-4-8-19-9-5-18)13-17-6-10-20-11-7-17/h1-3,12,15H,4-11,13H2. The van der Waals surface area contributed by atoms with Gasteiger partial charge in [-0.25, -0.2) is 0 Å². The monoisotopic (exact) mass is 293 g/mol. The molecule has 0 aromatic carbocycles. The number of aromatic nitrogens is 1. The topological polar surface area (TPSA) is 28.6 Å². The lowest BCUT2D eigenvalue weighted by molar-refractivity contribution is 0.00816. The summed E-state index contributed by atoms with van der Waals surface area (Å²) < 4.78 is 5.50. The van der Waals surface area contributed by atoms with Crippen LogP contribution in [0.15, 0.2) is 24.5 Å². The maximum atomic E-state index is 5.50. The summed E-state index contributed by atoms with van der Waals surface area (Å²) >= 11 is 2.07. The number of hydrogen-bond donors (Lipinski definition) is 0. The fourth-order valence-electron chi connectivity index (χ4n) is 2.92.